The van der Waals surface area contributed by atoms with Crippen molar-refractivity contribution < 1.29 is 4.74 Å². The van der Waals surface area contributed by atoms with Gasteiger partial charge in [0.1, 0.15) is 11.9 Å². The van der Waals surface area contributed by atoms with E-state index in [-0.39, 0.29) is 12.1 Å². The first kappa shape index (κ1) is 10.8. The molecule has 1 unspecified atom stereocenters. The average molecular weight is 219 g/mol. The minimum atomic E-state index is 0.137. The number of nitriles is 1. The van der Waals surface area contributed by atoms with E-state index < -0.39 is 0 Å². The normalized spacial score (nSPS) is 24.0. The van der Waals surface area contributed by atoms with E-state index in [1.165, 1.54) is 6.20 Å². The maximum Gasteiger partial charge on any atom is 0.158 e. The molecule has 84 valence electrons. The van der Waals surface area contributed by atoms with Gasteiger partial charge < -0.3 is 15.4 Å². The van der Waals surface area contributed by atoms with Crippen molar-refractivity contribution in [1.29, 1.82) is 5.26 Å². The zero-order chi connectivity index (χ0) is 11.4. The molecule has 0 spiro atoms. The number of hydrogen-bond acceptors (Lipinski definition) is 6. The lowest BCUT2D eigenvalue weighted by molar-refractivity contribution is 0.111. The molecule has 0 amide bonds. The summed E-state index contributed by atoms with van der Waals surface area (Å²) in [5, 5.41) is 15.0. The van der Waals surface area contributed by atoms with Crippen LogP contribution in [0.1, 0.15) is 5.69 Å². The van der Waals surface area contributed by atoms with Crippen LogP contribution in [-0.4, -0.2) is 42.3 Å². The first-order valence-electron chi connectivity index (χ1n) is 5.05. The Bertz CT molecular complexity index is 385. The lowest BCUT2D eigenvalue weighted by Gasteiger charge is -2.18. The van der Waals surface area contributed by atoms with Gasteiger partial charge in [-0.15, -0.1) is 0 Å². The lowest BCUT2D eigenvalue weighted by atomic mass is 10.2. The fourth-order valence-electron chi connectivity index (χ4n) is 1.70. The van der Waals surface area contributed by atoms with E-state index in [9.17, 15) is 0 Å². The van der Waals surface area contributed by atoms with Crippen molar-refractivity contribution >= 4 is 5.82 Å². The summed E-state index contributed by atoms with van der Waals surface area (Å²) in [6.07, 6.45) is 3.15. The quantitative estimate of drug-likeness (QED) is 0.729. The minimum absolute atomic E-state index is 0.137. The fourth-order valence-corrected chi connectivity index (χ4v) is 1.70. The standard InChI is InChI=1S/C10H13N5O/c1-16-9-5-12-4-8(9)15-10-6-13-7(2-11)3-14-10/h3,6,8-9,12H,4-5H2,1H3,(H,14,15)/t8?,9-/m0/s1. The van der Waals surface area contributed by atoms with Gasteiger partial charge in [0, 0.05) is 20.2 Å². The number of aromatic nitrogens is 2. The Hall–Kier alpha value is -1.71. The Kier molecular flexibility index (Phi) is 3.29. The van der Waals surface area contributed by atoms with Crippen molar-refractivity contribution in [2.45, 2.75) is 12.1 Å². The molecule has 0 radical (unpaired) electrons. The maximum absolute atomic E-state index is 8.59. The third-order valence-corrected chi connectivity index (χ3v) is 2.56. The van der Waals surface area contributed by atoms with Gasteiger partial charge in [-0.1, -0.05) is 0 Å². The molecule has 1 aliphatic heterocycles. The second-order valence-electron chi connectivity index (χ2n) is 3.58. The molecule has 1 aromatic heterocycles. The van der Waals surface area contributed by atoms with Gasteiger partial charge in [0.15, 0.2) is 5.69 Å². The first-order valence-corrected chi connectivity index (χ1v) is 5.05. The zero-order valence-electron chi connectivity index (χ0n) is 8.97. The Morgan fingerprint density at radius 3 is 3.00 bits per heavy atom. The van der Waals surface area contributed by atoms with Crippen LogP contribution in [0.4, 0.5) is 5.82 Å². The Morgan fingerprint density at radius 1 is 1.50 bits per heavy atom. The summed E-state index contributed by atoms with van der Waals surface area (Å²) >= 11 is 0. The smallest absolute Gasteiger partial charge is 0.158 e. The van der Waals surface area contributed by atoms with E-state index in [1.807, 2.05) is 6.07 Å². The van der Waals surface area contributed by atoms with E-state index in [0.717, 1.165) is 13.1 Å². The predicted octanol–water partition coefficient (Wildman–Crippen LogP) is -0.253. The van der Waals surface area contributed by atoms with Crippen LogP contribution < -0.4 is 10.6 Å². The molecular weight excluding hydrogens is 206 g/mol. The number of methoxy groups -OCH3 is 1. The molecule has 0 aliphatic carbocycles. The molecule has 2 heterocycles. The predicted molar refractivity (Wildman–Crippen MR) is 57.8 cm³/mol. The van der Waals surface area contributed by atoms with Gasteiger partial charge >= 0.3 is 0 Å². The number of nitrogens with one attached hydrogen (secondary N) is 2. The molecule has 6 nitrogen and oxygen atoms in total. The highest BCUT2D eigenvalue weighted by Gasteiger charge is 2.26. The van der Waals surface area contributed by atoms with E-state index in [1.54, 1.807) is 13.3 Å². The second kappa shape index (κ2) is 4.88. The van der Waals surface area contributed by atoms with E-state index >= 15 is 0 Å². The van der Waals surface area contributed by atoms with Crippen LogP contribution in [-0.2, 0) is 4.74 Å². The van der Waals surface area contributed by atoms with Crippen molar-refractivity contribution in [3.63, 3.8) is 0 Å². The molecule has 6 heteroatoms. The summed E-state index contributed by atoms with van der Waals surface area (Å²) in [5.74, 6) is 0.662. The highest BCUT2D eigenvalue weighted by atomic mass is 16.5. The van der Waals surface area contributed by atoms with E-state index in [2.05, 4.69) is 20.6 Å². The largest absolute Gasteiger partial charge is 0.378 e. The maximum atomic E-state index is 8.59. The molecular formula is C10H13N5O. The van der Waals surface area contributed by atoms with Crippen LogP contribution in [0.2, 0.25) is 0 Å². The summed E-state index contributed by atoms with van der Waals surface area (Å²) in [6, 6.07) is 2.12. The minimum Gasteiger partial charge on any atom is -0.378 e. The summed E-state index contributed by atoms with van der Waals surface area (Å²) in [5.41, 5.74) is 0.318. The van der Waals surface area contributed by atoms with Gasteiger partial charge in [-0.2, -0.15) is 5.26 Å². The van der Waals surface area contributed by atoms with Crippen LogP contribution in [0.5, 0.6) is 0 Å². The van der Waals surface area contributed by atoms with Gasteiger partial charge in [-0.25, -0.2) is 9.97 Å². The zero-order valence-corrected chi connectivity index (χ0v) is 8.97. The highest BCUT2D eigenvalue weighted by Crippen LogP contribution is 2.10. The van der Waals surface area contributed by atoms with Gasteiger partial charge in [-0.3, -0.25) is 0 Å². The molecule has 1 saturated heterocycles. The number of ether oxygens (including phenoxy) is 1. The van der Waals surface area contributed by atoms with Crippen LogP contribution in [0.3, 0.4) is 0 Å². The molecule has 0 bridgehead atoms. The average Bonchev–Trinajstić information content (AvgIpc) is 2.77. The number of hydrogen-bond donors (Lipinski definition) is 2. The van der Waals surface area contributed by atoms with Crippen LogP contribution in [0.15, 0.2) is 12.4 Å². The van der Waals surface area contributed by atoms with Crippen LogP contribution in [0.25, 0.3) is 0 Å². The molecule has 1 fully saturated rings. The number of nitrogens with zero attached hydrogens (tertiary/aromatic N) is 3. The summed E-state index contributed by atoms with van der Waals surface area (Å²) in [4.78, 5) is 8.05. The number of rotatable bonds is 3. The van der Waals surface area contributed by atoms with Crippen molar-refractivity contribution in [2.24, 2.45) is 0 Å². The molecule has 2 atom stereocenters. The third kappa shape index (κ3) is 2.27. The van der Waals surface area contributed by atoms with E-state index in [0.29, 0.717) is 11.5 Å². The fraction of sp³-hybridized carbons (Fsp3) is 0.500. The third-order valence-electron chi connectivity index (χ3n) is 2.56. The molecule has 2 N–H and O–H groups in total. The van der Waals surface area contributed by atoms with E-state index in [4.69, 9.17) is 10.00 Å². The molecule has 0 saturated carbocycles. The summed E-state index contributed by atoms with van der Waals surface area (Å²) < 4.78 is 5.32. The molecule has 0 aromatic carbocycles. The Balaban J connectivity index is 2.00. The molecule has 1 aromatic rings. The first-order chi connectivity index (χ1) is 7.83. The van der Waals surface area contributed by atoms with Crippen molar-refractivity contribution in [1.82, 2.24) is 15.3 Å². The molecule has 16 heavy (non-hydrogen) atoms. The lowest BCUT2D eigenvalue weighted by Crippen LogP contribution is -2.33. The van der Waals surface area contributed by atoms with Gasteiger partial charge in [0.2, 0.25) is 0 Å². The topological polar surface area (TPSA) is 82.9 Å². The van der Waals surface area contributed by atoms with Gasteiger partial charge in [0.25, 0.3) is 0 Å². The SMILES string of the molecule is CO[C@H]1CNCC1Nc1cnc(C#N)cn1. The van der Waals surface area contributed by atoms with Crippen LogP contribution >= 0.6 is 0 Å². The van der Waals surface area contributed by atoms with Gasteiger partial charge in [0.05, 0.1) is 24.5 Å². The Morgan fingerprint density at radius 2 is 2.38 bits per heavy atom. The Labute approximate surface area is 93.7 Å². The highest BCUT2D eigenvalue weighted by molar-refractivity contribution is 5.35. The summed E-state index contributed by atoms with van der Waals surface area (Å²) in [6.45, 7) is 1.66. The molecule has 2 rings (SSSR count). The molecule has 1 aliphatic rings. The van der Waals surface area contributed by atoms with Crippen molar-refractivity contribution in [2.75, 3.05) is 25.5 Å². The number of anilines is 1. The summed E-state index contributed by atoms with van der Waals surface area (Å²) in [7, 11) is 1.69. The monoisotopic (exact) mass is 219 g/mol. The van der Waals surface area contributed by atoms with Gasteiger partial charge in [-0.05, 0) is 0 Å². The van der Waals surface area contributed by atoms with Crippen molar-refractivity contribution in [3.8, 4) is 6.07 Å². The van der Waals surface area contributed by atoms with Crippen LogP contribution in [0, 0.1) is 11.3 Å². The second-order valence-corrected chi connectivity index (χ2v) is 3.58. The van der Waals surface area contributed by atoms with Crippen molar-refractivity contribution in [3.05, 3.63) is 18.1 Å².